The molecular weight excluding hydrogens is 373 g/mol. The molecule has 1 aliphatic rings. The maximum Gasteiger partial charge on any atom is 0.253 e. The number of likely N-dealkylation sites (tertiary alicyclic amines) is 1. The van der Waals surface area contributed by atoms with E-state index in [0.29, 0.717) is 42.7 Å². The topological polar surface area (TPSA) is 68.5 Å². The molecule has 0 aliphatic carbocycles. The van der Waals surface area contributed by atoms with E-state index in [1.54, 1.807) is 11.0 Å². The Hall–Kier alpha value is -3.22. The van der Waals surface area contributed by atoms with Crippen LogP contribution in [0.2, 0.25) is 0 Å². The van der Waals surface area contributed by atoms with Gasteiger partial charge in [0.1, 0.15) is 0 Å². The fourth-order valence-corrected chi connectivity index (χ4v) is 3.61. The second-order valence-corrected chi connectivity index (χ2v) is 7.17. The van der Waals surface area contributed by atoms with E-state index in [2.05, 4.69) is 10.1 Å². The van der Waals surface area contributed by atoms with Crippen LogP contribution in [0, 0.1) is 11.7 Å². The SMILES string of the molecule is COc1ccc(C(=O)N2CCC(Cc3nc(-c4ccccc4)no3)CC2)cc1F. The highest BCUT2D eigenvalue weighted by Gasteiger charge is 2.26. The molecule has 0 N–H and O–H groups in total. The third kappa shape index (κ3) is 4.29. The number of carbonyl (C=O) groups excluding carboxylic acids is 1. The lowest BCUT2D eigenvalue weighted by molar-refractivity contribution is 0.0687. The predicted molar refractivity (Wildman–Crippen MR) is 105 cm³/mol. The van der Waals surface area contributed by atoms with Crippen LogP contribution in [0.5, 0.6) is 5.75 Å². The van der Waals surface area contributed by atoms with Crippen LogP contribution in [-0.4, -0.2) is 41.1 Å². The minimum Gasteiger partial charge on any atom is -0.494 e. The maximum absolute atomic E-state index is 13.9. The molecule has 6 nitrogen and oxygen atoms in total. The molecule has 1 aliphatic heterocycles. The van der Waals surface area contributed by atoms with Crippen molar-refractivity contribution >= 4 is 5.91 Å². The Morgan fingerprint density at radius 3 is 2.66 bits per heavy atom. The molecule has 0 spiro atoms. The number of methoxy groups -OCH3 is 1. The number of hydrogen-bond donors (Lipinski definition) is 0. The number of aromatic nitrogens is 2. The smallest absolute Gasteiger partial charge is 0.253 e. The van der Waals surface area contributed by atoms with E-state index in [-0.39, 0.29) is 11.7 Å². The number of ether oxygens (including phenoxy) is 1. The van der Waals surface area contributed by atoms with Gasteiger partial charge in [0.25, 0.3) is 5.91 Å². The van der Waals surface area contributed by atoms with E-state index in [4.69, 9.17) is 9.26 Å². The molecule has 4 rings (SSSR count). The normalized spacial score (nSPS) is 14.8. The average Bonchev–Trinajstić information content (AvgIpc) is 3.23. The summed E-state index contributed by atoms with van der Waals surface area (Å²) in [5.41, 5.74) is 1.26. The van der Waals surface area contributed by atoms with Gasteiger partial charge in [-0.1, -0.05) is 35.5 Å². The molecule has 0 unspecified atom stereocenters. The molecule has 29 heavy (non-hydrogen) atoms. The molecule has 3 aromatic rings. The maximum atomic E-state index is 13.9. The van der Waals surface area contributed by atoms with Gasteiger partial charge in [-0.3, -0.25) is 4.79 Å². The third-order valence-electron chi connectivity index (χ3n) is 5.26. The first kappa shape index (κ1) is 19.1. The van der Waals surface area contributed by atoms with Crippen LogP contribution in [0.25, 0.3) is 11.4 Å². The van der Waals surface area contributed by atoms with Gasteiger partial charge in [0.2, 0.25) is 11.7 Å². The minimum atomic E-state index is -0.529. The van der Waals surface area contributed by atoms with Crippen LogP contribution in [0.3, 0.4) is 0 Å². The van der Waals surface area contributed by atoms with Gasteiger partial charge in [0.05, 0.1) is 7.11 Å². The van der Waals surface area contributed by atoms with E-state index < -0.39 is 5.82 Å². The van der Waals surface area contributed by atoms with Gasteiger partial charge >= 0.3 is 0 Å². The Morgan fingerprint density at radius 1 is 1.21 bits per heavy atom. The van der Waals surface area contributed by atoms with Crippen LogP contribution in [0.15, 0.2) is 53.1 Å². The van der Waals surface area contributed by atoms with Crippen LogP contribution in [0.4, 0.5) is 4.39 Å². The second-order valence-electron chi connectivity index (χ2n) is 7.17. The van der Waals surface area contributed by atoms with Crippen molar-refractivity contribution in [1.82, 2.24) is 15.0 Å². The van der Waals surface area contributed by atoms with Gasteiger partial charge in [0.15, 0.2) is 11.6 Å². The summed E-state index contributed by atoms with van der Waals surface area (Å²) in [4.78, 5) is 18.9. The third-order valence-corrected chi connectivity index (χ3v) is 5.26. The Morgan fingerprint density at radius 2 is 1.97 bits per heavy atom. The average molecular weight is 395 g/mol. The van der Waals surface area contributed by atoms with Crippen LogP contribution in [-0.2, 0) is 6.42 Å². The first-order chi connectivity index (χ1) is 14.1. The second kappa shape index (κ2) is 8.43. The highest BCUT2D eigenvalue weighted by Crippen LogP contribution is 2.25. The van der Waals surface area contributed by atoms with Crippen molar-refractivity contribution in [2.75, 3.05) is 20.2 Å². The molecule has 0 radical (unpaired) electrons. The lowest BCUT2D eigenvalue weighted by atomic mass is 9.93. The highest BCUT2D eigenvalue weighted by atomic mass is 19.1. The number of halogens is 1. The first-order valence-electron chi connectivity index (χ1n) is 9.65. The molecule has 7 heteroatoms. The van der Waals surface area contributed by atoms with Gasteiger partial charge in [-0.2, -0.15) is 4.98 Å². The van der Waals surface area contributed by atoms with Gasteiger partial charge in [0, 0.05) is 30.6 Å². The van der Waals surface area contributed by atoms with Gasteiger partial charge in [-0.25, -0.2) is 4.39 Å². The molecule has 1 aromatic heterocycles. The van der Waals surface area contributed by atoms with Crippen molar-refractivity contribution in [3.63, 3.8) is 0 Å². The highest BCUT2D eigenvalue weighted by molar-refractivity contribution is 5.94. The number of hydrogen-bond acceptors (Lipinski definition) is 5. The summed E-state index contributed by atoms with van der Waals surface area (Å²) in [6, 6.07) is 14.0. The molecule has 0 atom stereocenters. The van der Waals surface area contributed by atoms with E-state index >= 15 is 0 Å². The summed E-state index contributed by atoms with van der Waals surface area (Å²) < 4.78 is 24.2. The van der Waals surface area contributed by atoms with Crippen LogP contribution >= 0.6 is 0 Å². The zero-order chi connectivity index (χ0) is 20.2. The number of piperidine rings is 1. The Balaban J connectivity index is 1.33. The molecule has 0 bridgehead atoms. The van der Waals surface area contributed by atoms with E-state index in [0.717, 1.165) is 18.4 Å². The summed E-state index contributed by atoms with van der Waals surface area (Å²) in [6.45, 7) is 1.24. The van der Waals surface area contributed by atoms with E-state index in [9.17, 15) is 9.18 Å². The molecule has 1 saturated heterocycles. The lowest BCUT2D eigenvalue weighted by Crippen LogP contribution is -2.39. The van der Waals surface area contributed by atoms with Crippen molar-refractivity contribution in [3.8, 4) is 17.1 Å². The summed E-state index contributed by atoms with van der Waals surface area (Å²) in [7, 11) is 1.40. The molecular formula is C22H22FN3O3. The molecule has 0 saturated carbocycles. The fraction of sp³-hybridized carbons (Fsp3) is 0.318. The molecule has 2 heterocycles. The number of rotatable bonds is 5. The number of amides is 1. The van der Waals surface area contributed by atoms with Gasteiger partial charge < -0.3 is 14.2 Å². The van der Waals surface area contributed by atoms with E-state index in [1.807, 2.05) is 30.3 Å². The first-order valence-corrected chi connectivity index (χ1v) is 9.65. The summed E-state index contributed by atoms with van der Waals surface area (Å²) in [5, 5.41) is 4.06. The minimum absolute atomic E-state index is 0.134. The molecule has 1 fully saturated rings. The van der Waals surface area contributed by atoms with Crippen molar-refractivity contribution in [2.24, 2.45) is 5.92 Å². The lowest BCUT2D eigenvalue weighted by Gasteiger charge is -2.31. The fourth-order valence-electron chi connectivity index (χ4n) is 3.61. The monoisotopic (exact) mass is 395 g/mol. The summed E-state index contributed by atoms with van der Waals surface area (Å²) in [6.07, 6.45) is 2.37. The van der Waals surface area contributed by atoms with E-state index in [1.165, 1.54) is 19.2 Å². The summed E-state index contributed by atoms with van der Waals surface area (Å²) >= 11 is 0. The largest absolute Gasteiger partial charge is 0.494 e. The van der Waals surface area contributed by atoms with Gasteiger partial charge in [-0.05, 0) is 37.0 Å². The molecule has 150 valence electrons. The van der Waals surface area contributed by atoms with Crippen molar-refractivity contribution in [3.05, 3.63) is 65.8 Å². The van der Waals surface area contributed by atoms with Crippen LogP contribution < -0.4 is 4.74 Å². The number of nitrogens with zero attached hydrogens (tertiary/aromatic N) is 3. The predicted octanol–water partition coefficient (Wildman–Crippen LogP) is 3.98. The summed E-state index contributed by atoms with van der Waals surface area (Å²) in [5.74, 6) is 1.03. The van der Waals surface area contributed by atoms with Crippen LogP contribution in [0.1, 0.15) is 29.1 Å². The zero-order valence-corrected chi connectivity index (χ0v) is 16.2. The quantitative estimate of drug-likeness (QED) is 0.654. The zero-order valence-electron chi connectivity index (χ0n) is 16.2. The van der Waals surface area contributed by atoms with Crippen molar-refractivity contribution < 1.29 is 18.4 Å². The van der Waals surface area contributed by atoms with Gasteiger partial charge in [-0.15, -0.1) is 0 Å². The number of carbonyl (C=O) groups is 1. The van der Waals surface area contributed by atoms with Crippen molar-refractivity contribution in [2.45, 2.75) is 19.3 Å². The Bertz CT molecular complexity index is 982. The Kier molecular flexibility index (Phi) is 5.55. The van der Waals surface area contributed by atoms with Crippen molar-refractivity contribution in [1.29, 1.82) is 0 Å². The standard InChI is InChI=1S/C22H22FN3O3/c1-28-19-8-7-17(14-18(19)23)22(27)26-11-9-15(10-12-26)13-20-24-21(25-29-20)16-5-3-2-4-6-16/h2-8,14-15H,9-13H2,1H3. The number of benzene rings is 2. The Labute approximate surface area is 168 Å². The molecule has 1 amide bonds. The molecule has 2 aromatic carbocycles.